The molecule has 5 unspecified atom stereocenters. The molecule has 6 nitrogen and oxygen atoms in total. The van der Waals surface area contributed by atoms with Crippen molar-refractivity contribution in [2.75, 3.05) is 0 Å². The molecule has 11 heavy (non-hydrogen) atoms. The van der Waals surface area contributed by atoms with Crippen molar-refractivity contribution in [2.24, 2.45) is 0 Å². The zero-order valence-electron chi connectivity index (χ0n) is 5.49. The first kappa shape index (κ1) is 8.85. The third-order valence-electron chi connectivity index (χ3n) is 1.54. The summed E-state index contributed by atoms with van der Waals surface area (Å²) in [5, 5.41) is 45.7. The smallest absolute Gasteiger partial charge is 0.222 e. The van der Waals surface area contributed by atoms with E-state index in [1.807, 2.05) is 0 Å². The summed E-state index contributed by atoms with van der Waals surface area (Å²) in [6, 6.07) is 0. The number of aliphatic hydroxyl groups is 4. The molecule has 65 valence electrons. The summed E-state index contributed by atoms with van der Waals surface area (Å²) in [5.41, 5.74) is 0. The minimum atomic E-state index is -1.91. The number of hydrogen-bond donors (Lipinski definition) is 4. The van der Waals surface area contributed by atoms with Crippen molar-refractivity contribution in [3.8, 4) is 0 Å². The van der Waals surface area contributed by atoms with Gasteiger partial charge in [-0.15, -0.1) is 0 Å². The van der Waals surface area contributed by atoms with Crippen LogP contribution >= 0.6 is 0 Å². The molecule has 4 N–H and O–H groups in total. The summed E-state index contributed by atoms with van der Waals surface area (Å²) in [7, 11) is 0. The van der Waals surface area contributed by atoms with Gasteiger partial charge < -0.3 is 25.2 Å². The molecular formula is C5H9O6. The molecule has 0 aromatic rings. The second-order valence-electron chi connectivity index (χ2n) is 2.37. The van der Waals surface area contributed by atoms with Gasteiger partial charge >= 0.3 is 0 Å². The third kappa shape index (κ3) is 1.51. The SMILES string of the molecule is [O]C1OC(O)C(O)C(O)C1O. The predicted molar refractivity (Wildman–Crippen MR) is 29.6 cm³/mol. The molecule has 1 fully saturated rings. The summed E-state index contributed by atoms with van der Waals surface area (Å²) in [4.78, 5) is 0. The first-order chi connectivity index (χ1) is 5.04. The second-order valence-corrected chi connectivity index (χ2v) is 2.37. The Morgan fingerprint density at radius 3 is 2.00 bits per heavy atom. The Labute approximate surface area is 62.3 Å². The van der Waals surface area contributed by atoms with Crippen molar-refractivity contribution >= 4 is 0 Å². The lowest BCUT2D eigenvalue weighted by molar-refractivity contribution is -0.343. The normalized spacial score (nSPS) is 52.6. The van der Waals surface area contributed by atoms with E-state index in [4.69, 9.17) is 20.4 Å². The molecule has 6 heteroatoms. The van der Waals surface area contributed by atoms with Crippen LogP contribution in [0.4, 0.5) is 0 Å². The van der Waals surface area contributed by atoms with E-state index in [1.165, 1.54) is 0 Å². The molecule has 0 aliphatic carbocycles. The Morgan fingerprint density at radius 1 is 0.909 bits per heavy atom. The number of ether oxygens (including phenoxy) is 1. The first-order valence-corrected chi connectivity index (χ1v) is 3.07. The fourth-order valence-electron chi connectivity index (χ4n) is 0.830. The van der Waals surface area contributed by atoms with Gasteiger partial charge in [-0.1, -0.05) is 0 Å². The Balaban J connectivity index is 2.63. The van der Waals surface area contributed by atoms with Gasteiger partial charge in [0, 0.05) is 0 Å². The van der Waals surface area contributed by atoms with E-state index in [-0.39, 0.29) is 0 Å². The standard InChI is InChI=1S/C5H9O6/c6-1-2(7)4(9)11-5(10)3(1)8/h1-9H. The highest BCUT2D eigenvalue weighted by Crippen LogP contribution is 2.17. The largest absolute Gasteiger partial charge is 0.387 e. The molecule has 1 aliphatic heterocycles. The van der Waals surface area contributed by atoms with Gasteiger partial charge in [0.15, 0.2) is 6.29 Å². The van der Waals surface area contributed by atoms with Gasteiger partial charge in [0.25, 0.3) is 0 Å². The van der Waals surface area contributed by atoms with Crippen molar-refractivity contribution < 1.29 is 30.3 Å². The van der Waals surface area contributed by atoms with E-state index in [2.05, 4.69) is 4.74 Å². The first-order valence-electron chi connectivity index (χ1n) is 3.07. The number of hydrogen-bond acceptors (Lipinski definition) is 5. The summed E-state index contributed by atoms with van der Waals surface area (Å²) >= 11 is 0. The maximum absolute atomic E-state index is 10.5. The Morgan fingerprint density at radius 2 is 1.45 bits per heavy atom. The molecule has 5 atom stereocenters. The van der Waals surface area contributed by atoms with Gasteiger partial charge in [-0.25, -0.2) is 0 Å². The highest BCUT2D eigenvalue weighted by molar-refractivity contribution is 4.83. The van der Waals surface area contributed by atoms with E-state index >= 15 is 0 Å². The Bertz CT molecular complexity index is 125. The number of aliphatic hydroxyl groups excluding tert-OH is 4. The second kappa shape index (κ2) is 3.02. The Kier molecular flexibility index (Phi) is 2.43. The lowest BCUT2D eigenvalue weighted by Crippen LogP contribution is -2.56. The van der Waals surface area contributed by atoms with Crippen LogP contribution in [0.25, 0.3) is 0 Å². The van der Waals surface area contributed by atoms with Gasteiger partial charge in [-0.3, -0.25) is 0 Å². The lowest BCUT2D eigenvalue weighted by atomic mass is 10.0. The van der Waals surface area contributed by atoms with E-state index in [9.17, 15) is 5.11 Å². The van der Waals surface area contributed by atoms with E-state index < -0.39 is 30.9 Å². The fraction of sp³-hybridized carbons (Fsp3) is 1.00. The molecule has 1 radical (unpaired) electrons. The van der Waals surface area contributed by atoms with Crippen molar-refractivity contribution in [2.45, 2.75) is 30.9 Å². The van der Waals surface area contributed by atoms with E-state index in [0.717, 1.165) is 0 Å². The number of rotatable bonds is 0. The van der Waals surface area contributed by atoms with Crippen LogP contribution in [0.5, 0.6) is 0 Å². The van der Waals surface area contributed by atoms with Gasteiger partial charge in [-0.05, 0) is 0 Å². The van der Waals surface area contributed by atoms with Crippen LogP contribution in [0.1, 0.15) is 0 Å². The Hall–Kier alpha value is -0.240. The summed E-state index contributed by atoms with van der Waals surface area (Å²) in [6.07, 6.45) is -8.62. The van der Waals surface area contributed by atoms with Crippen molar-refractivity contribution in [1.82, 2.24) is 0 Å². The molecule has 0 amide bonds. The molecule has 1 aliphatic rings. The van der Waals surface area contributed by atoms with Gasteiger partial charge in [0.1, 0.15) is 18.3 Å². The molecule has 1 heterocycles. The van der Waals surface area contributed by atoms with Crippen LogP contribution < -0.4 is 0 Å². The van der Waals surface area contributed by atoms with Gasteiger partial charge in [0.2, 0.25) is 6.29 Å². The summed E-state index contributed by atoms with van der Waals surface area (Å²) in [6.45, 7) is 0. The maximum atomic E-state index is 10.5. The molecule has 1 saturated heterocycles. The third-order valence-corrected chi connectivity index (χ3v) is 1.54. The molecule has 0 aromatic carbocycles. The van der Waals surface area contributed by atoms with Crippen molar-refractivity contribution in [3.63, 3.8) is 0 Å². The molecule has 0 aromatic heterocycles. The highest BCUT2D eigenvalue weighted by atomic mass is 16.7. The monoisotopic (exact) mass is 165 g/mol. The van der Waals surface area contributed by atoms with Crippen LogP contribution in [-0.2, 0) is 9.84 Å². The maximum Gasteiger partial charge on any atom is 0.222 e. The quantitative estimate of drug-likeness (QED) is 0.309. The van der Waals surface area contributed by atoms with Crippen molar-refractivity contribution in [1.29, 1.82) is 0 Å². The summed E-state index contributed by atoms with van der Waals surface area (Å²) in [5.74, 6) is 0. The molecule has 1 rings (SSSR count). The highest BCUT2D eigenvalue weighted by Gasteiger charge is 2.42. The van der Waals surface area contributed by atoms with E-state index in [1.54, 1.807) is 0 Å². The van der Waals surface area contributed by atoms with E-state index in [0.29, 0.717) is 0 Å². The van der Waals surface area contributed by atoms with Crippen molar-refractivity contribution in [3.05, 3.63) is 0 Å². The average Bonchev–Trinajstić information content (AvgIpc) is 1.97. The molecular weight excluding hydrogens is 156 g/mol. The lowest BCUT2D eigenvalue weighted by Gasteiger charge is -2.34. The van der Waals surface area contributed by atoms with Crippen LogP contribution in [0.15, 0.2) is 0 Å². The average molecular weight is 165 g/mol. The minimum absolute atomic E-state index is 1.63. The van der Waals surface area contributed by atoms with Crippen LogP contribution in [-0.4, -0.2) is 51.3 Å². The zero-order valence-corrected chi connectivity index (χ0v) is 5.49. The van der Waals surface area contributed by atoms with Gasteiger partial charge in [-0.2, -0.15) is 5.11 Å². The van der Waals surface area contributed by atoms with Crippen LogP contribution in [0.2, 0.25) is 0 Å². The fourth-order valence-corrected chi connectivity index (χ4v) is 0.830. The minimum Gasteiger partial charge on any atom is -0.387 e. The molecule has 0 bridgehead atoms. The topological polar surface area (TPSA) is 110 Å². The van der Waals surface area contributed by atoms with Crippen LogP contribution in [0.3, 0.4) is 0 Å². The zero-order chi connectivity index (χ0) is 8.59. The van der Waals surface area contributed by atoms with Crippen LogP contribution in [0, 0.1) is 0 Å². The van der Waals surface area contributed by atoms with Gasteiger partial charge in [0.05, 0.1) is 0 Å². The molecule has 0 saturated carbocycles. The predicted octanol–water partition coefficient (Wildman–Crippen LogP) is -2.83. The molecule has 0 spiro atoms. The summed E-state index contributed by atoms with van der Waals surface area (Å²) < 4.78 is 4.12.